The maximum absolute atomic E-state index is 12.3. The second kappa shape index (κ2) is 12.4. The lowest BCUT2D eigenvalue weighted by atomic mass is 9.81. The van der Waals surface area contributed by atoms with Crippen LogP contribution in [-0.2, 0) is 4.79 Å². The lowest BCUT2D eigenvalue weighted by Crippen LogP contribution is -2.55. The molecule has 2 aromatic heterocycles. The van der Waals surface area contributed by atoms with Gasteiger partial charge in [-0.25, -0.2) is 0 Å². The molecule has 1 amide bonds. The molecule has 0 bridgehead atoms. The van der Waals surface area contributed by atoms with Crippen LogP contribution in [0, 0.1) is 12.8 Å². The van der Waals surface area contributed by atoms with Crippen molar-refractivity contribution in [1.29, 1.82) is 0 Å². The van der Waals surface area contributed by atoms with E-state index >= 15 is 0 Å². The van der Waals surface area contributed by atoms with Crippen LogP contribution in [0.2, 0.25) is 10.0 Å². The molecule has 4 aliphatic rings. The molecule has 1 aromatic carbocycles. The first-order valence-electron chi connectivity index (χ1n) is 16.8. The summed E-state index contributed by atoms with van der Waals surface area (Å²) >= 11 is 13.8. The number of rotatable bonds is 6. The largest absolute Gasteiger partial charge is 0.392 e. The number of aliphatic hydroxyl groups is 1. The van der Waals surface area contributed by atoms with Crippen LogP contribution in [0.1, 0.15) is 57.7 Å². The molecule has 0 aliphatic carbocycles. The average Bonchev–Trinajstić information content (AvgIpc) is 3.73. The van der Waals surface area contributed by atoms with E-state index in [-0.39, 0.29) is 23.6 Å². The zero-order chi connectivity index (χ0) is 32.3. The smallest absolute Gasteiger partial charge is 0.245 e. The zero-order valence-electron chi connectivity index (χ0n) is 27.2. The summed E-state index contributed by atoms with van der Waals surface area (Å²) in [6.07, 6.45) is 7.72. The van der Waals surface area contributed by atoms with Gasteiger partial charge in [-0.05, 0) is 70.9 Å². The van der Waals surface area contributed by atoms with E-state index < -0.39 is 0 Å². The summed E-state index contributed by atoms with van der Waals surface area (Å²) in [5.74, 6) is 1.50. The van der Waals surface area contributed by atoms with E-state index in [4.69, 9.17) is 28.3 Å². The molecule has 10 nitrogen and oxygen atoms in total. The Kier molecular flexibility index (Phi) is 8.63. The highest BCUT2D eigenvalue weighted by molar-refractivity contribution is 6.45. The van der Waals surface area contributed by atoms with E-state index in [9.17, 15) is 9.90 Å². The number of likely N-dealkylation sites (tertiary alicyclic amines) is 1. The molecule has 3 atom stereocenters. The standard InChI is InChI=1S/C34H46Cl2N8O2/c1-5-29(46)41-9-7-23(8-10-41)44-21(2)30(31-26-17-37-38-28(26)15-27(35)32(31)36)33(39-44)43-11-6-22(16-34(43,3)4)18-40-12-13-42-20-25(45)14-24(42)19-40/h5,15,17,22-25,45H,1,6-14,16,18-20H2,2-4H3,(H,37,38)/t22-,24-,25+/m1/s1. The molecule has 2 N–H and O–H groups in total. The van der Waals surface area contributed by atoms with Gasteiger partial charge in [0, 0.05) is 86.1 Å². The first kappa shape index (κ1) is 31.9. The van der Waals surface area contributed by atoms with Crippen LogP contribution in [0.4, 0.5) is 5.82 Å². The van der Waals surface area contributed by atoms with Crippen LogP contribution in [0.5, 0.6) is 0 Å². The topological polar surface area (TPSA) is 96.8 Å². The number of amides is 1. The van der Waals surface area contributed by atoms with Crippen molar-refractivity contribution in [2.45, 2.75) is 76.6 Å². The van der Waals surface area contributed by atoms with Gasteiger partial charge in [-0.2, -0.15) is 10.2 Å². The van der Waals surface area contributed by atoms with Crippen molar-refractivity contribution >= 4 is 45.8 Å². The Bertz CT molecular complexity index is 1630. The number of aromatic nitrogens is 4. The third-order valence-corrected chi connectivity index (χ3v) is 11.8. The van der Waals surface area contributed by atoms with Crippen molar-refractivity contribution in [3.63, 3.8) is 0 Å². The number of hydrogen-bond donors (Lipinski definition) is 2. The highest BCUT2D eigenvalue weighted by Crippen LogP contribution is 2.48. The Morgan fingerprint density at radius 2 is 1.89 bits per heavy atom. The summed E-state index contributed by atoms with van der Waals surface area (Å²) in [5.41, 5.74) is 3.61. The summed E-state index contributed by atoms with van der Waals surface area (Å²) in [6.45, 7) is 17.8. The second-order valence-corrected chi connectivity index (χ2v) is 15.3. The summed E-state index contributed by atoms with van der Waals surface area (Å²) in [7, 11) is 0. The molecule has 0 radical (unpaired) electrons. The Morgan fingerprint density at radius 1 is 1.11 bits per heavy atom. The van der Waals surface area contributed by atoms with Crippen LogP contribution in [0.3, 0.4) is 0 Å². The molecule has 4 fully saturated rings. The number of piperazine rings is 1. The molecular formula is C34H46Cl2N8O2. The molecule has 4 aliphatic heterocycles. The van der Waals surface area contributed by atoms with Crippen LogP contribution in [0.15, 0.2) is 24.9 Å². The summed E-state index contributed by atoms with van der Waals surface area (Å²) in [6, 6.07) is 2.48. The molecule has 4 saturated heterocycles. The normalized spacial score (nSPS) is 26.2. The number of halogens is 2. The molecule has 46 heavy (non-hydrogen) atoms. The van der Waals surface area contributed by atoms with Crippen LogP contribution in [0.25, 0.3) is 22.0 Å². The van der Waals surface area contributed by atoms with Gasteiger partial charge in [-0.15, -0.1) is 0 Å². The minimum Gasteiger partial charge on any atom is -0.392 e. The van der Waals surface area contributed by atoms with Gasteiger partial charge in [0.25, 0.3) is 0 Å². The number of H-pyrrole nitrogens is 1. The third kappa shape index (κ3) is 5.74. The lowest BCUT2D eigenvalue weighted by Gasteiger charge is -2.48. The van der Waals surface area contributed by atoms with Gasteiger partial charge in [-0.3, -0.25) is 19.5 Å². The number of aliphatic hydroxyl groups excluding tert-OH is 1. The number of aromatic amines is 1. The van der Waals surface area contributed by atoms with Gasteiger partial charge in [0.15, 0.2) is 5.82 Å². The first-order valence-corrected chi connectivity index (χ1v) is 17.5. The summed E-state index contributed by atoms with van der Waals surface area (Å²) < 4.78 is 2.18. The van der Waals surface area contributed by atoms with Crippen molar-refractivity contribution in [2.24, 2.45) is 5.92 Å². The van der Waals surface area contributed by atoms with E-state index in [0.29, 0.717) is 35.1 Å². The molecule has 0 saturated carbocycles. The minimum absolute atomic E-state index is 0.0163. The van der Waals surface area contributed by atoms with Gasteiger partial charge in [0.05, 0.1) is 33.9 Å². The number of nitrogens with zero attached hydrogens (tertiary/aromatic N) is 7. The second-order valence-electron chi connectivity index (χ2n) is 14.5. The number of carbonyl (C=O) groups is 1. The third-order valence-electron chi connectivity index (χ3n) is 11.0. The number of anilines is 1. The van der Waals surface area contributed by atoms with Gasteiger partial charge in [0.1, 0.15) is 0 Å². The number of nitrogens with one attached hydrogen (secondary N) is 1. The lowest BCUT2D eigenvalue weighted by molar-refractivity contribution is -0.127. The van der Waals surface area contributed by atoms with Gasteiger partial charge >= 0.3 is 0 Å². The molecule has 0 unspecified atom stereocenters. The van der Waals surface area contributed by atoms with E-state index in [0.717, 1.165) is 105 Å². The molecular weight excluding hydrogens is 623 g/mol. The minimum atomic E-state index is -0.178. The Morgan fingerprint density at radius 3 is 2.63 bits per heavy atom. The summed E-state index contributed by atoms with van der Waals surface area (Å²) in [4.78, 5) is 21.8. The fourth-order valence-corrected chi connectivity index (χ4v) is 9.23. The van der Waals surface area contributed by atoms with Crippen LogP contribution >= 0.6 is 23.2 Å². The molecule has 3 aromatic rings. The number of carbonyl (C=O) groups excluding carboxylic acids is 1. The molecule has 0 spiro atoms. The average molecular weight is 670 g/mol. The van der Waals surface area contributed by atoms with Crippen molar-refractivity contribution < 1.29 is 9.90 Å². The van der Waals surface area contributed by atoms with E-state index in [1.54, 1.807) is 0 Å². The van der Waals surface area contributed by atoms with E-state index in [2.05, 4.69) is 56.9 Å². The summed E-state index contributed by atoms with van der Waals surface area (Å²) in [5, 5.41) is 24.9. The molecule has 6 heterocycles. The van der Waals surface area contributed by atoms with Gasteiger partial charge in [-0.1, -0.05) is 29.8 Å². The highest BCUT2D eigenvalue weighted by atomic mass is 35.5. The first-order chi connectivity index (χ1) is 22.0. The number of hydrogen-bond acceptors (Lipinski definition) is 7. The van der Waals surface area contributed by atoms with Crippen molar-refractivity contribution in [2.75, 3.05) is 57.3 Å². The van der Waals surface area contributed by atoms with E-state index in [1.807, 2.05) is 17.2 Å². The van der Waals surface area contributed by atoms with Crippen molar-refractivity contribution in [1.82, 2.24) is 34.7 Å². The predicted octanol–water partition coefficient (Wildman–Crippen LogP) is 5.14. The molecule has 248 valence electrons. The monoisotopic (exact) mass is 668 g/mol. The maximum atomic E-state index is 12.3. The Balaban J connectivity index is 1.20. The number of benzene rings is 1. The van der Waals surface area contributed by atoms with Crippen LogP contribution in [-0.4, -0.2) is 116 Å². The highest BCUT2D eigenvalue weighted by Gasteiger charge is 2.41. The number of piperidine rings is 2. The predicted molar refractivity (Wildman–Crippen MR) is 184 cm³/mol. The number of fused-ring (bicyclic) bond motifs is 2. The fourth-order valence-electron chi connectivity index (χ4n) is 8.77. The maximum Gasteiger partial charge on any atom is 0.245 e. The molecule has 12 heteroatoms. The molecule has 7 rings (SSSR count). The van der Waals surface area contributed by atoms with Crippen molar-refractivity contribution in [3.05, 3.63) is 40.7 Å². The van der Waals surface area contributed by atoms with Crippen LogP contribution < -0.4 is 4.90 Å². The quantitative estimate of drug-likeness (QED) is 0.351. The van der Waals surface area contributed by atoms with Gasteiger partial charge < -0.3 is 19.8 Å². The van der Waals surface area contributed by atoms with Crippen molar-refractivity contribution in [3.8, 4) is 11.1 Å². The fraction of sp³-hybridized carbons (Fsp3) is 0.618. The SMILES string of the molecule is C=CC(=O)N1CCC(n2nc(N3CC[C@@H](CN4CCN5C[C@@H](O)C[C@@H]5C4)CC3(C)C)c(-c3c(Cl)c(Cl)cc4[nH]ncc34)c2C)CC1. The van der Waals surface area contributed by atoms with Gasteiger partial charge in [0.2, 0.25) is 5.91 Å². The Labute approximate surface area is 281 Å². The van der Waals surface area contributed by atoms with E-state index in [1.165, 1.54) is 6.08 Å². The zero-order valence-corrected chi connectivity index (χ0v) is 28.7. The Hall–Kier alpha value is -2.63.